The first-order chi connectivity index (χ1) is 12.8. The van der Waals surface area contributed by atoms with Crippen LogP contribution in [0.3, 0.4) is 0 Å². The third-order valence-electron chi connectivity index (χ3n) is 2.93. The molecule has 0 spiro atoms. The number of phenolic OH excluding ortho intramolecular Hbond substituents is 2. The predicted molar refractivity (Wildman–Crippen MR) is 83.6 cm³/mol. The van der Waals surface area contributed by atoms with Crippen LogP contribution in [0.4, 0.5) is 0 Å². The molecule has 0 heterocycles. The van der Waals surface area contributed by atoms with Crippen LogP contribution in [0, 0.1) is 0 Å². The number of benzene rings is 2. The van der Waals surface area contributed by atoms with Crippen LogP contribution in [-0.2, 0) is 0 Å². The molecule has 2 N–H and O–H groups in total. The molecule has 0 aliphatic heterocycles. The predicted octanol–water partition coefficient (Wildman–Crippen LogP) is 4.83. The van der Waals surface area contributed by atoms with Crippen molar-refractivity contribution in [2.75, 3.05) is 0 Å². The van der Waals surface area contributed by atoms with Crippen molar-refractivity contribution in [3.05, 3.63) is 59.6 Å². The van der Waals surface area contributed by atoms with E-state index in [1.807, 2.05) is 0 Å². The largest absolute Gasteiger partial charge is 0.508 e. The minimum absolute atomic E-state index is 0.0210. The lowest BCUT2D eigenvalue weighted by Crippen LogP contribution is -1.91. The first kappa shape index (κ1) is 6.98. The molecule has 0 bridgehead atoms. The van der Waals surface area contributed by atoms with E-state index in [0.29, 0.717) is 5.56 Å². The van der Waals surface area contributed by atoms with E-state index in [-0.39, 0.29) is 28.9 Å². The first-order valence-electron chi connectivity index (χ1n) is 10.2. The smallest absolute Gasteiger partial charge is 0.115 e. The van der Waals surface area contributed by atoms with Crippen molar-refractivity contribution >= 4 is 11.1 Å². The third-order valence-corrected chi connectivity index (χ3v) is 2.93. The summed E-state index contributed by atoms with van der Waals surface area (Å²) in [5.74, 6) is -0.752. The van der Waals surface area contributed by atoms with Gasteiger partial charge >= 0.3 is 0 Å². The van der Waals surface area contributed by atoms with Crippen LogP contribution < -0.4 is 0 Å². The average molecular weight is 276 g/mol. The van der Waals surface area contributed by atoms with Gasteiger partial charge in [0.2, 0.25) is 0 Å². The maximum Gasteiger partial charge on any atom is 0.115 e. The van der Waals surface area contributed by atoms with E-state index in [1.165, 1.54) is 24.3 Å². The fourth-order valence-electron chi connectivity index (χ4n) is 1.97. The molecule has 0 aliphatic carbocycles. The van der Waals surface area contributed by atoms with Gasteiger partial charge < -0.3 is 10.2 Å². The molecule has 104 valence electrons. The highest BCUT2D eigenvalue weighted by atomic mass is 16.3. The second-order valence-corrected chi connectivity index (χ2v) is 4.18. The maximum absolute atomic E-state index is 9.76. The summed E-state index contributed by atoms with van der Waals surface area (Å²) in [6.07, 6.45) is -2.71. The Balaban J connectivity index is 2.99. The molecule has 2 aromatic carbocycles. The molecule has 0 fully saturated rings. The van der Waals surface area contributed by atoms with E-state index in [2.05, 4.69) is 0 Å². The van der Waals surface area contributed by atoms with E-state index >= 15 is 0 Å². The van der Waals surface area contributed by atoms with Gasteiger partial charge in [0.05, 0.1) is 4.11 Å². The second kappa shape index (κ2) is 6.29. The van der Waals surface area contributed by atoms with Crippen molar-refractivity contribution in [1.29, 1.82) is 0 Å². The zero-order chi connectivity index (χ0) is 21.4. The molecule has 2 heteroatoms. The van der Waals surface area contributed by atoms with Gasteiger partial charge in [0.1, 0.15) is 11.5 Å². The molecule has 0 unspecified atom stereocenters. The zero-order valence-electron chi connectivity index (χ0n) is 19.0. The number of allylic oxidation sites excluding steroid dienone is 2. The van der Waals surface area contributed by atoms with E-state index in [0.717, 1.165) is 6.07 Å². The van der Waals surface area contributed by atoms with Gasteiger partial charge in [-0.2, -0.15) is 0 Å². The van der Waals surface area contributed by atoms with Crippen LogP contribution in [0.1, 0.15) is 48.7 Å². The van der Waals surface area contributed by atoms with Crippen LogP contribution in [-0.4, -0.2) is 10.2 Å². The summed E-state index contributed by atoms with van der Waals surface area (Å²) in [4.78, 5) is 0. The Morgan fingerprint density at radius 3 is 2.40 bits per heavy atom. The highest BCUT2D eigenvalue weighted by Crippen LogP contribution is 2.32. The molecule has 0 saturated carbocycles. The van der Waals surface area contributed by atoms with Gasteiger partial charge in [-0.25, -0.2) is 0 Å². The minimum Gasteiger partial charge on any atom is -0.508 e. The van der Waals surface area contributed by atoms with Gasteiger partial charge in [0, 0.05) is 6.85 Å². The molecule has 0 atom stereocenters. The summed E-state index contributed by atoms with van der Waals surface area (Å²) in [6, 6.07) is 4.99. The lowest BCUT2D eigenvalue weighted by molar-refractivity contribution is 0.474. The Morgan fingerprint density at radius 2 is 1.75 bits per heavy atom. The standard InChI is InChI=1S/C18H20O2/c1-3-17(13-5-9-15(19)10-6-13)18(4-2)14-7-11-16(20)12-8-14/h5-12,19-20H,3-4H2,1-2H3/b18-17+/i1D3,3D2,5D,9D,10D. The summed E-state index contributed by atoms with van der Waals surface area (Å²) >= 11 is 0. The monoisotopic (exact) mass is 276 g/mol. The highest BCUT2D eigenvalue weighted by Gasteiger charge is 2.09. The Bertz CT molecular complexity index is 915. The maximum atomic E-state index is 9.76. The van der Waals surface area contributed by atoms with Crippen LogP contribution in [0.2, 0.25) is 0 Å². The van der Waals surface area contributed by atoms with Gasteiger partial charge in [0.25, 0.3) is 0 Å². The van der Waals surface area contributed by atoms with Gasteiger partial charge in [-0.1, -0.05) is 38.0 Å². The van der Waals surface area contributed by atoms with Gasteiger partial charge in [-0.15, -0.1) is 0 Å². The molecule has 0 radical (unpaired) electrons. The summed E-state index contributed by atoms with van der Waals surface area (Å²) in [6.45, 7) is -1.40. The lowest BCUT2D eigenvalue weighted by atomic mass is 9.91. The number of phenols is 2. The molecular weight excluding hydrogens is 248 g/mol. The quantitative estimate of drug-likeness (QED) is 0.785. The number of hydrogen-bond acceptors (Lipinski definition) is 2. The zero-order valence-corrected chi connectivity index (χ0v) is 11.0. The molecular formula is C18H20O2. The fraction of sp³-hybridized carbons (Fsp3) is 0.222. The van der Waals surface area contributed by atoms with Crippen molar-refractivity contribution < 1.29 is 21.2 Å². The second-order valence-electron chi connectivity index (χ2n) is 4.18. The van der Waals surface area contributed by atoms with E-state index in [9.17, 15) is 10.2 Å². The fourth-order valence-corrected chi connectivity index (χ4v) is 1.97. The molecule has 0 amide bonds. The Labute approximate surface area is 131 Å². The Kier molecular flexibility index (Phi) is 2.19. The topological polar surface area (TPSA) is 40.5 Å². The minimum atomic E-state index is -3.09. The van der Waals surface area contributed by atoms with Crippen LogP contribution >= 0.6 is 0 Å². The van der Waals surface area contributed by atoms with Crippen molar-refractivity contribution in [1.82, 2.24) is 0 Å². The van der Waals surface area contributed by atoms with Crippen molar-refractivity contribution in [2.24, 2.45) is 0 Å². The molecule has 0 aliphatic rings. The van der Waals surface area contributed by atoms with Gasteiger partial charge in [-0.3, -0.25) is 0 Å². The third kappa shape index (κ3) is 3.02. The molecule has 0 aromatic heterocycles. The molecule has 0 saturated heterocycles. The Morgan fingerprint density at radius 1 is 1.00 bits per heavy atom. The lowest BCUT2D eigenvalue weighted by Gasteiger charge is -2.14. The van der Waals surface area contributed by atoms with Crippen molar-refractivity contribution in [3.8, 4) is 11.5 Å². The van der Waals surface area contributed by atoms with Gasteiger partial charge in [0.15, 0.2) is 0 Å². The van der Waals surface area contributed by atoms with E-state index in [4.69, 9.17) is 11.0 Å². The summed E-state index contributed by atoms with van der Waals surface area (Å²) in [5.41, 5.74) is 0.125. The molecule has 2 aromatic rings. The SMILES string of the molecule is [2H]c1cc(/C(=C(\CC)c2ccc(O)cc2)C([2H])([2H])C([2H])([2H])[2H])c([2H])c([2H])c1O. The summed E-state index contributed by atoms with van der Waals surface area (Å²) < 4.78 is 63.5. The van der Waals surface area contributed by atoms with Crippen LogP contribution in [0.5, 0.6) is 11.5 Å². The Hall–Kier alpha value is -2.22. The van der Waals surface area contributed by atoms with Crippen LogP contribution in [0.15, 0.2) is 48.5 Å². The average Bonchev–Trinajstić information content (AvgIpc) is 2.61. The first-order valence-corrected chi connectivity index (χ1v) is 6.16. The molecule has 2 nitrogen and oxygen atoms in total. The number of rotatable bonds is 4. The van der Waals surface area contributed by atoms with Crippen molar-refractivity contribution in [3.63, 3.8) is 0 Å². The van der Waals surface area contributed by atoms with E-state index < -0.39 is 37.1 Å². The molecule has 2 rings (SSSR count). The van der Waals surface area contributed by atoms with Crippen LogP contribution in [0.25, 0.3) is 11.1 Å². The number of hydrogen-bond donors (Lipinski definition) is 2. The number of aromatic hydroxyl groups is 2. The van der Waals surface area contributed by atoms with Crippen molar-refractivity contribution in [2.45, 2.75) is 26.6 Å². The normalized spacial score (nSPS) is 19.2. The van der Waals surface area contributed by atoms with Gasteiger partial charge in [-0.05, 0) is 59.3 Å². The summed E-state index contributed by atoms with van der Waals surface area (Å²) in [7, 11) is 0. The summed E-state index contributed by atoms with van der Waals surface area (Å²) in [5, 5.41) is 19.3. The van der Waals surface area contributed by atoms with E-state index in [1.54, 1.807) is 6.92 Å². The molecule has 20 heavy (non-hydrogen) atoms. The highest BCUT2D eigenvalue weighted by molar-refractivity contribution is 5.90.